The zero-order valence-electron chi connectivity index (χ0n) is 9.38. The normalized spacial score (nSPS) is 10.4. The molecule has 0 fully saturated rings. The molecule has 2 aromatic rings. The molecule has 17 heavy (non-hydrogen) atoms. The molecule has 2 heterocycles. The summed E-state index contributed by atoms with van der Waals surface area (Å²) in [5.41, 5.74) is 1.59. The molecular weight excluding hydrogens is 220 g/mol. The average molecular weight is 232 g/mol. The van der Waals surface area contributed by atoms with E-state index in [0.717, 1.165) is 11.4 Å². The van der Waals surface area contributed by atoms with Crippen molar-refractivity contribution in [1.29, 1.82) is 0 Å². The van der Waals surface area contributed by atoms with Gasteiger partial charge >= 0.3 is 5.97 Å². The summed E-state index contributed by atoms with van der Waals surface area (Å²) in [6.07, 6.45) is 1.72. The second-order valence-corrected chi connectivity index (χ2v) is 3.61. The lowest BCUT2D eigenvalue weighted by molar-refractivity contribution is 0.0663. The van der Waals surface area contributed by atoms with Crippen LogP contribution in [0, 0.1) is 6.92 Å². The van der Waals surface area contributed by atoms with Crippen LogP contribution < -0.4 is 0 Å². The molecule has 0 aromatic carbocycles. The fourth-order valence-electron chi connectivity index (χ4n) is 1.60. The second-order valence-electron chi connectivity index (χ2n) is 3.61. The van der Waals surface area contributed by atoms with Gasteiger partial charge in [-0.15, -0.1) is 6.58 Å². The number of rotatable bonds is 4. The summed E-state index contributed by atoms with van der Waals surface area (Å²) in [4.78, 5) is 10.7. The number of allylic oxidation sites excluding steroid dienone is 1. The summed E-state index contributed by atoms with van der Waals surface area (Å²) >= 11 is 0. The standard InChI is InChI=1S/C12H12N2O3/c1-3-6-14-9(7-8(2)13-14)10-4-5-11(17-10)12(15)16/h3-5,7H,1,6H2,2H3,(H,15,16). The zero-order chi connectivity index (χ0) is 12.4. The number of aromatic nitrogens is 2. The largest absolute Gasteiger partial charge is 0.475 e. The highest BCUT2D eigenvalue weighted by molar-refractivity contribution is 5.85. The molecule has 88 valence electrons. The fraction of sp³-hybridized carbons (Fsp3) is 0.167. The lowest BCUT2D eigenvalue weighted by Crippen LogP contribution is -1.99. The number of aryl methyl sites for hydroxylation is 1. The van der Waals surface area contributed by atoms with E-state index in [1.165, 1.54) is 6.07 Å². The Morgan fingerprint density at radius 2 is 2.41 bits per heavy atom. The Hall–Kier alpha value is -2.30. The quantitative estimate of drug-likeness (QED) is 0.821. The predicted molar refractivity (Wildman–Crippen MR) is 61.8 cm³/mol. The van der Waals surface area contributed by atoms with E-state index in [0.29, 0.717) is 12.3 Å². The van der Waals surface area contributed by atoms with E-state index in [-0.39, 0.29) is 5.76 Å². The maximum absolute atomic E-state index is 10.7. The van der Waals surface area contributed by atoms with Crippen LogP contribution in [0.1, 0.15) is 16.2 Å². The number of hydrogen-bond donors (Lipinski definition) is 1. The zero-order valence-corrected chi connectivity index (χ0v) is 9.38. The molecule has 5 nitrogen and oxygen atoms in total. The highest BCUT2D eigenvalue weighted by Crippen LogP contribution is 2.23. The van der Waals surface area contributed by atoms with Crippen LogP contribution >= 0.6 is 0 Å². The molecule has 0 aliphatic heterocycles. The molecule has 0 saturated heterocycles. The maximum atomic E-state index is 10.7. The van der Waals surface area contributed by atoms with Gasteiger partial charge in [0.1, 0.15) is 5.69 Å². The second kappa shape index (κ2) is 4.29. The molecule has 0 aliphatic carbocycles. The first-order valence-electron chi connectivity index (χ1n) is 5.10. The third-order valence-electron chi connectivity index (χ3n) is 2.27. The molecule has 0 aliphatic rings. The molecule has 0 saturated carbocycles. The number of nitrogens with zero attached hydrogens (tertiary/aromatic N) is 2. The van der Waals surface area contributed by atoms with E-state index in [1.807, 2.05) is 13.0 Å². The van der Waals surface area contributed by atoms with Crippen LogP contribution in [0.5, 0.6) is 0 Å². The van der Waals surface area contributed by atoms with Gasteiger partial charge in [-0.3, -0.25) is 4.68 Å². The highest BCUT2D eigenvalue weighted by atomic mass is 16.4. The van der Waals surface area contributed by atoms with Crippen LogP contribution in [-0.4, -0.2) is 20.9 Å². The average Bonchev–Trinajstić information content (AvgIpc) is 2.85. The number of furan rings is 1. The van der Waals surface area contributed by atoms with Crippen molar-refractivity contribution in [3.05, 3.63) is 42.3 Å². The molecule has 1 N–H and O–H groups in total. The third-order valence-corrected chi connectivity index (χ3v) is 2.27. The first-order valence-corrected chi connectivity index (χ1v) is 5.10. The van der Waals surface area contributed by atoms with Crippen LogP contribution in [0.3, 0.4) is 0 Å². The number of carboxylic acids is 1. The van der Waals surface area contributed by atoms with Gasteiger partial charge in [0, 0.05) is 0 Å². The van der Waals surface area contributed by atoms with Gasteiger partial charge in [-0.25, -0.2) is 4.79 Å². The molecule has 0 amide bonds. The SMILES string of the molecule is C=CCn1nc(C)cc1-c1ccc(C(=O)O)o1. The minimum Gasteiger partial charge on any atom is -0.475 e. The Kier molecular flexibility index (Phi) is 2.82. The minimum atomic E-state index is -1.08. The summed E-state index contributed by atoms with van der Waals surface area (Å²) in [6.45, 7) is 6.06. The summed E-state index contributed by atoms with van der Waals surface area (Å²) in [7, 11) is 0. The van der Waals surface area contributed by atoms with Gasteiger partial charge in [0.15, 0.2) is 5.76 Å². The predicted octanol–water partition coefficient (Wildman–Crippen LogP) is 2.34. The number of carbonyl (C=O) groups is 1. The van der Waals surface area contributed by atoms with Crippen molar-refractivity contribution in [1.82, 2.24) is 9.78 Å². The van der Waals surface area contributed by atoms with Crippen molar-refractivity contribution in [2.24, 2.45) is 0 Å². The van der Waals surface area contributed by atoms with Gasteiger partial charge in [0.2, 0.25) is 5.76 Å². The Morgan fingerprint density at radius 1 is 1.65 bits per heavy atom. The Bertz CT molecular complexity index is 566. The Morgan fingerprint density at radius 3 is 3.00 bits per heavy atom. The van der Waals surface area contributed by atoms with Crippen molar-refractivity contribution in [2.75, 3.05) is 0 Å². The van der Waals surface area contributed by atoms with Crippen LogP contribution in [0.15, 0.2) is 35.3 Å². The highest BCUT2D eigenvalue weighted by Gasteiger charge is 2.14. The molecule has 0 bridgehead atoms. The monoisotopic (exact) mass is 232 g/mol. The van der Waals surface area contributed by atoms with Gasteiger partial charge in [-0.05, 0) is 25.1 Å². The lowest BCUT2D eigenvalue weighted by atomic mass is 10.3. The van der Waals surface area contributed by atoms with Gasteiger partial charge in [-0.2, -0.15) is 5.10 Å². The Labute approximate surface area is 98.0 Å². The van der Waals surface area contributed by atoms with Crippen molar-refractivity contribution in [3.8, 4) is 11.5 Å². The van der Waals surface area contributed by atoms with Gasteiger partial charge in [-0.1, -0.05) is 6.08 Å². The van der Waals surface area contributed by atoms with Crippen LogP contribution in [0.25, 0.3) is 11.5 Å². The van der Waals surface area contributed by atoms with Crippen LogP contribution in [0.4, 0.5) is 0 Å². The summed E-state index contributed by atoms with van der Waals surface area (Å²) < 4.78 is 6.95. The topological polar surface area (TPSA) is 68.3 Å². The molecule has 0 radical (unpaired) electrons. The smallest absolute Gasteiger partial charge is 0.371 e. The number of aromatic carboxylic acids is 1. The van der Waals surface area contributed by atoms with Crippen molar-refractivity contribution in [2.45, 2.75) is 13.5 Å². The molecule has 0 unspecified atom stereocenters. The van der Waals surface area contributed by atoms with E-state index >= 15 is 0 Å². The fourth-order valence-corrected chi connectivity index (χ4v) is 1.60. The lowest BCUT2D eigenvalue weighted by Gasteiger charge is -2.00. The van der Waals surface area contributed by atoms with Gasteiger partial charge < -0.3 is 9.52 Å². The van der Waals surface area contributed by atoms with E-state index in [4.69, 9.17) is 9.52 Å². The molecule has 2 rings (SSSR count). The minimum absolute atomic E-state index is 0.0796. The van der Waals surface area contributed by atoms with Crippen LogP contribution in [0.2, 0.25) is 0 Å². The van der Waals surface area contributed by atoms with Gasteiger partial charge in [0.25, 0.3) is 0 Å². The van der Waals surface area contributed by atoms with E-state index in [9.17, 15) is 4.79 Å². The maximum Gasteiger partial charge on any atom is 0.371 e. The van der Waals surface area contributed by atoms with E-state index < -0.39 is 5.97 Å². The first-order chi connectivity index (χ1) is 8.11. The first kappa shape index (κ1) is 11.2. The Balaban J connectivity index is 2.44. The molecule has 0 spiro atoms. The summed E-state index contributed by atoms with van der Waals surface area (Å²) in [6, 6.07) is 4.89. The summed E-state index contributed by atoms with van der Waals surface area (Å²) in [5.74, 6) is -0.670. The van der Waals surface area contributed by atoms with Crippen molar-refractivity contribution >= 4 is 5.97 Å². The van der Waals surface area contributed by atoms with Gasteiger partial charge in [0.05, 0.1) is 12.2 Å². The summed E-state index contributed by atoms with van der Waals surface area (Å²) in [5, 5.41) is 13.1. The number of carboxylic acid groups (broad SMARTS) is 1. The third kappa shape index (κ3) is 2.13. The number of hydrogen-bond acceptors (Lipinski definition) is 3. The van der Waals surface area contributed by atoms with Crippen molar-refractivity contribution in [3.63, 3.8) is 0 Å². The van der Waals surface area contributed by atoms with Crippen molar-refractivity contribution < 1.29 is 14.3 Å². The molecule has 0 atom stereocenters. The molecule has 2 aromatic heterocycles. The van der Waals surface area contributed by atoms with E-state index in [1.54, 1.807) is 16.8 Å². The molecular formula is C12H12N2O3. The van der Waals surface area contributed by atoms with Crippen LogP contribution in [-0.2, 0) is 6.54 Å². The molecule has 5 heteroatoms. The van der Waals surface area contributed by atoms with E-state index in [2.05, 4.69) is 11.7 Å².